The first kappa shape index (κ1) is 30.5. The number of hydrogen-bond acceptors (Lipinski definition) is 6. The first-order valence-corrected chi connectivity index (χ1v) is 14.7. The van der Waals surface area contributed by atoms with E-state index in [1.54, 1.807) is 0 Å². The van der Waals surface area contributed by atoms with Gasteiger partial charge in [0.15, 0.2) is 0 Å². The number of amides is 1. The van der Waals surface area contributed by atoms with E-state index in [4.69, 9.17) is 11.5 Å². The summed E-state index contributed by atoms with van der Waals surface area (Å²) < 4.78 is 41.6. The lowest BCUT2D eigenvalue weighted by molar-refractivity contribution is -0.122. The predicted octanol–water partition coefficient (Wildman–Crippen LogP) is 3.43. The van der Waals surface area contributed by atoms with Gasteiger partial charge in [-0.2, -0.15) is 4.31 Å². The Morgan fingerprint density at radius 2 is 1.77 bits per heavy atom. The van der Waals surface area contributed by atoms with Crippen molar-refractivity contribution in [2.75, 3.05) is 25.4 Å². The highest BCUT2D eigenvalue weighted by atomic mass is 32.2. The molecule has 0 bridgehead atoms. The largest absolute Gasteiger partial charge is 0.396 e. The van der Waals surface area contributed by atoms with Crippen molar-refractivity contribution < 1.29 is 22.7 Å². The Labute approximate surface area is 230 Å². The summed E-state index contributed by atoms with van der Waals surface area (Å²) in [6.45, 7) is 3.96. The van der Waals surface area contributed by atoms with Crippen LogP contribution in [-0.4, -0.2) is 55.5 Å². The Hall–Kier alpha value is -3.05. The van der Waals surface area contributed by atoms with E-state index >= 15 is 0 Å². The van der Waals surface area contributed by atoms with E-state index in [1.807, 2.05) is 56.3 Å². The van der Waals surface area contributed by atoms with Crippen LogP contribution < -0.4 is 16.8 Å². The first-order valence-electron chi connectivity index (χ1n) is 13.2. The molecule has 0 spiro atoms. The summed E-state index contributed by atoms with van der Waals surface area (Å²) in [5.74, 6) is -0.947. The summed E-state index contributed by atoms with van der Waals surface area (Å²) >= 11 is 0. The highest BCUT2D eigenvalue weighted by molar-refractivity contribution is 7.89. The molecule has 10 heteroatoms. The fourth-order valence-corrected chi connectivity index (χ4v) is 6.35. The number of carbonyl (C=O) groups excluding carboxylic acids is 1. The standard InChI is InChI=1S/C29H39FN4O4S/c1-20(2)18-34(39(37,38)25-12-13-26(30)27(31)17-25)24(19-35)9-5-6-14-33-29(36)28(32)16-21-10-11-22-7-3-4-8-23(22)15-21/h3-4,7-8,10-13,15,17,20,24,28,35H,5-6,9,14,16,18-19,31-32H2,1-2H3,(H,33,36)/t24?,28-/m0/s1. The quantitative estimate of drug-likeness (QED) is 0.177. The Bertz CT molecular complexity index is 1370. The van der Waals surface area contributed by atoms with Crippen molar-refractivity contribution in [1.29, 1.82) is 0 Å². The fourth-order valence-electron chi connectivity index (χ4n) is 4.51. The van der Waals surface area contributed by atoms with Gasteiger partial charge >= 0.3 is 0 Å². The zero-order valence-electron chi connectivity index (χ0n) is 22.5. The van der Waals surface area contributed by atoms with E-state index in [-0.39, 0.29) is 35.6 Å². The molecule has 0 heterocycles. The Kier molecular flexibility index (Phi) is 10.8. The summed E-state index contributed by atoms with van der Waals surface area (Å²) in [5.41, 5.74) is 12.5. The second-order valence-corrected chi connectivity index (χ2v) is 12.2. The minimum absolute atomic E-state index is 0.00463. The lowest BCUT2D eigenvalue weighted by Crippen LogP contribution is -2.44. The molecule has 2 atom stereocenters. The second-order valence-electron chi connectivity index (χ2n) is 10.3. The number of halogens is 1. The number of rotatable bonds is 14. The van der Waals surface area contributed by atoms with Crippen LogP contribution in [0.3, 0.4) is 0 Å². The maximum Gasteiger partial charge on any atom is 0.243 e. The van der Waals surface area contributed by atoms with Gasteiger partial charge in [-0.15, -0.1) is 0 Å². The number of sulfonamides is 1. The van der Waals surface area contributed by atoms with Gasteiger partial charge in [0.05, 0.1) is 23.2 Å². The second kappa shape index (κ2) is 13.8. The Morgan fingerprint density at radius 1 is 1.05 bits per heavy atom. The average molecular weight is 559 g/mol. The molecule has 0 saturated heterocycles. The molecule has 0 fully saturated rings. The zero-order valence-corrected chi connectivity index (χ0v) is 23.3. The number of anilines is 1. The number of hydrogen-bond donors (Lipinski definition) is 4. The van der Waals surface area contributed by atoms with Crippen LogP contribution in [0.25, 0.3) is 10.8 Å². The van der Waals surface area contributed by atoms with Crippen molar-refractivity contribution in [2.24, 2.45) is 11.7 Å². The normalized spacial score (nSPS) is 13.6. The van der Waals surface area contributed by atoms with Gasteiger partial charge in [0, 0.05) is 19.1 Å². The van der Waals surface area contributed by atoms with E-state index in [9.17, 15) is 22.7 Å². The minimum atomic E-state index is -4.02. The van der Waals surface area contributed by atoms with Crippen molar-refractivity contribution >= 4 is 32.4 Å². The molecule has 39 heavy (non-hydrogen) atoms. The van der Waals surface area contributed by atoms with Crippen LogP contribution in [0, 0.1) is 11.7 Å². The van der Waals surface area contributed by atoms with Crippen LogP contribution in [-0.2, 0) is 21.2 Å². The fraction of sp³-hybridized carbons (Fsp3) is 0.414. The number of unbranched alkanes of at least 4 members (excludes halogenated alkanes) is 1. The summed E-state index contributed by atoms with van der Waals surface area (Å²) in [5, 5.41) is 15.1. The van der Waals surface area contributed by atoms with Gasteiger partial charge in [0.2, 0.25) is 15.9 Å². The van der Waals surface area contributed by atoms with E-state index in [0.717, 1.165) is 28.5 Å². The molecule has 0 aliphatic carbocycles. The molecular formula is C29H39FN4O4S. The summed E-state index contributed by atoms with van der Waals surface area (Å²) in [6, 6.07) is 16.0. The summed E-state index contributed by atoms with van der Waals surface area (Å²) in [7, 11) is -4.02. The molecule has 1 amide bonds. The van der Waals surface area contributed by atoms with E-state index in [0.29, 0.717) is 32.2 Å². The van der Waals surface area contributed by atoms with E-state index in [2.05, 4.69) is 5.32 Å². The van der Waals surface area contributed by atoms with Gasteiger partial charge in [-0.1, -0.05) is 62.7 Å². The van der Waals surface area contributed by atoms with Crippen LogP contribution in [0.1, 0.15) is 38.7 Å². The molecule has 6 N–H and O–H groups in total. The molecule has 3 aromatic rings. The number of carbonyl (C=O) groups is 1. The van der Waals surface area contributed by atoms with Gasteiger partial charge in [-0.05, 0) is 59.7 Å². The van der Waals surface area contributed by atoms with Gasteiger partial charge in [0.25, 0.3) is 0 Å². The molecule has 0 aliphatic rings. The number of benzene rings is 3. The van der Waals surface area contributed by atoms with Crippen LogP contribution in [0.2, 0.25) is 0 Å². The summed E-state index contributed by atoms with van der Waals surface area (Å²) in [6.07, 6.45) is 1.96. The molecule has 1 unspecified atom stereocenters. The zero-order chi connectivity index (χ0) is 28.6. The average Bonchev–Trinajstić information content (AvgIpc) is 2.90. The Morgan fingerprint density at radius 3 is 2.44 bits per heavy atom. The van der Waals surface area contributed by atoms with Crippen LogP contribution >= 0.6 is 0 Å². The third-order valence-corrected chi connectivity index (χ3v) is 8.52. The molecule has 0 radical (unpaired) electrons. The highest BCUT2D eigenvalue weighted by Gasteiger charge is 2.32. The van der Waals surface area contributed by atoms with Gasteiger partial charge in [0.1, 0.15) is 5.82 Å². The van der Waals surface area contributed by atoms with Crippen LogP contribution in [0.5, 0.6) is 0 Å². The third-order valence-electron chi connectivity index (χ3n) is 6.61. The number of aliphatic hydroxyl groups excluding tert-OH is 1. The van der Waals surface area contributed by atoms with Crippen molar-refractivity contribution in [1.82, 2.24) is 9.62 Å². The number of nitrogens with zero attached hydrogens (tertiary/aromatic N) is 1. The maximum absolute atomic E-state index is 13.6. The van der Waals surface area contributed by atoms with Crippen LogP contribution in [0.15, 0.2) is 65.6 Å². The number of nitrogen functional groups attached to an aromatic ring is 1. The number of nitrogens with two attached hydrogens (primary N) is 2. The SMILES string of the molecule is CC(C)CN(C(CO)CCCCNC(=O)[C@@H](N)Cc1ccc2ccccc2c1)S(=O)(=O)c1ccc(F)c(N)c1. The molecule has 0 saturated carbocycles. The molecule has 212 valence electrons. The van der Waals surface area contributed by atoms with Crippen molar-refractivity contribution in [3.63, 3.8) is 0 Å². The van der Waals surface area contributed by atoms with Gasteiger partial charge in [-0.3, -0.25) is 4.79 Å². The molecule has 3 rings (SSSR count). The highest BCUT2D eigenvalue weighted by Crippen LogP contribution is 2.25. The van der Waals surface area contributed by atoms with Crippen LogP contribution in [0.4, 0.5) is 10.1 Å². The maximum atomic E-state index is 13.6. The van der Waals surface area contributed by atoms with Gasteiger partial charge < -0.3 is 21.9 Å². The van der Waals surface area contributed by atoms with Crippen molar-refractivity contribution in [2.45, 2.75) is 56.5 Å². The Balaban J connectivity index is 1.53. The number of nitrogens with one attached hydrogen (secondary N) is 1. The smallest absolute Gasteiger partial charge is 0.243 e. The molecule has 8 nitrogen and oxygen atoms in total. The molecular weight excluding hydrogens is 519 g/mol. The number of fused-ring (bicyclic) bond motifs is 1. The van der Waals surface area contributed by atoms with E-state index in [1.165, 1.54) is 10.4 Å². The molecule has 3 aromatic carbocycles. The topological polar surface area (TPSA) is 139 Å². The van der Waals surface area contributed by atoms with Crippen molar-refractivity contribution in [3.05, 3.63) is 72.0 Å². The van der Waals surface area contributed by atoms with Crippen molar-refractivity contribution in [3.8, 4) is 0 Å². The number of aliphatic hydroxyl groups is 1. The van der Waals surface area contributed by atoms with E-state index < -0.39 is 27.9 Å². The monoisotopic (exact) mass is 558 g/mol. The first-order chi connectivity index (χ1) is 18.5. The minimum Gasteiger partial charge on any atom is -0.396 e. The third kappa shape index (κ3) is 8.22. The lowest BCUT2D eigenvalue weighted by atomic mass is 10.0. The summed E-state index contributed by atoms with van der Waals surface area (Å²) in [4.78, 5) is 12.4. The predicted molar refractivity (Wildman–Crippen MR) is 153 cm³/mol. The lowest BCUT2D eigenvalue weighted by Gasteiger charge is -2.31. The molecule has 0 aliphatic heterocycles. The molecule has 0 aromatic heterocycles. The van der Waals surface area contributed by atoms with Gasteiger partial charge in [-0.25, -0.2) is 12.8 Å².